The summed E-state index contributed by atoms with van der Waals surface area (Å²) < 4.78 is 15.4. The fourth-order valence-electron chi connectivity index (χ4n) is 3.93. The van der Waals surface area contributed by atoms with Gasteiger partial charge in [0.15, 0.2) is 0 Å². The van der Waals surface area contributed by atoms with E-state index in [1.54, 1.807) is 12.1 Å². The van der Waals surface area contributed by atoms with Crippen molar-refractivity contribution in [2.45, 2.75) is 63.6 Å². The van der Waals surface area contributed by atoms with Crippen molar-refractivity contribution in [1.29, 1.82) is 0 Å². The minimum Gasteiger partial charge on any atom is -0.308 e. The molecule has 1 N–H and O–H groups in total. The van der Waals surface area contributed by atoms with Gasteiger partial charge in [-0.05, 0) is 48.9 Å². The summed E-state index contributed by atoms with van der Waals surface area (Å²) in [7, 11) is 0. The Hall–Kier alpha value is -1.75. The molecule has 1 fully saturated rings. The van der Waals surface area contributed by atoms with Crippen molar-refractivity contribution in [3.05, 3.63) is 47.0 Å². The molecule has 23 heavy (non-hydrogen) atoms. The molecule has 1 aromatic heterocycles. The van der Waals surface area contributed by atoms with Crippen LogP contribution in [0.5, 0.6) is 0 Å². The molecule has 0 saturated heterocycles. The van der Waals surface area contributed by atoms with E-state index in [-0.39, 0.29) is 11.9 Å². The zero-order chi connectivity index (χ0) is 15.6. The van der Waals surface area contributed by atoms with Crippen LogP contribution < -0.4 is 5.32 Å². The van der Waals surface area contributed by atoms with E-state index in [1.807, 2.05) is 16.9 Å². The van der Waals surface area contributed by atoms with Gasteiger partial charge in [0.25, 0.3) is 0 Å². The highest BCUT2D eigenvalue weighted by Gasteiger charge is 2.25. The first-order chi connectivity index (χ1) is 11.3. The molecule has 4 nitrogen and oxygen atoms in total. The van der Waals surface area contributed by atoms with Crippen molar-refractivity contribution in [3.8, 4) is 0 Å². The SMILES string of the molecule is Fc1ccc2c(c1)C(n1cc(CNC3CCCCC3)nn1)CC2. The van der Waals surface area contributed by atoms with Crippen LogP contribution in [0.4, 0.5) is 4.39 Å². The van der Waals surface area contributed by atoms with Crippen LogP contribution >= 0.6 is 0 Å². The maximum absolute atomic E-state index is 13.5. The third kappa shape index (κ3) is 3.15. The molecule has 0 aliphatic heterocycles. The van der Waals surface area contributed by atoms with Crippen molar-refractivity contribution < 1.29 is 4.39 Å². The molecule has 0 spiro atoms. The highest BCUT2D eigenvalue weighted by molar-refractivity contribution is 5.35. The average molecular weight is 314 g/mol. The smallest absolute Gasteiger partial charge is 0.123 e. The van der Waals surface area contributed by atoms with Gasteiger partial charge in [0.2, 0.25) is 0 Å². The summed E-state index contributed by atoms with van der Waals surface area (Å²) in [4.78, 5) is 0. The molecule has 122 valence electrons. The van der Waals surface area contributed by atoms with Gasteiger partial charge < -0.3 is 5.32 Å². The predicted molar refractivity (Wildman–Crippen MR) is 86.6 cm³/mol. The van der Waals surface area contributed by atoms with Gasteiger partial charge in [-0.2, -0.15) is 0 Å². The van der Waals surface area contributed by atoms with Gasteiger partial charge in [-0.3, -0.25) is 0 Å². The second-order valence-electron chi connectivity index (χ2n) is 6.80. The number of fused-ring (bicyclic) bond motifs is 1. The lowest BCUT2D eigenvalue weighted by atomic mass is 9.95. The molecule has 4 rings (SSSR count). The van der Waals surface area contributed by atoms with E-state index >= 15 is 0 Å². The number of hydrogen-bond donors (Lipinski definition) is 1. The van der Waals surface area contributed by atoms with Crippen molar-refractivity contribution in [2.75, 3.05) is 0 Å². The molecule has 2 aliphatic carbocycles. The topological polar surface area (TPSA) is 42.7 Å². The summed E-state index contributed by atoms with van der Waals surface area (Å²) in [6, 6.07) is 5.83. The van der Waals surface area contributed by atoms with E-state index < -0.39 is 0 Å². The van der Waals surface area contributed by atoms with Gasteiger partial charge in [-0.1, -0.05) is 30.5 Å². The molecule has 1 aromatic carbocycles. The zero-order valence-electron chi connectivity index (χ0n) is 13.3. The summed E-state index contributed by atoms with van der Waals surface area (Å²) in [6.07, 6.45) is 10.5. The maximum Gasteiger partial charge on any atom is 0.123 e. The second-order valence-corrected chi connectivity index (χ2v) is 6.80. The summed E-state index contributed by atoms with van der Waals surface area (Å²) >= 11 is 0. The van der Waals surface area contributed by atoms with E-state index in [0.717, 1.165) is 30.6 Å². The van der Waals surface area contributed by atoms with Crippen LogP contribution in [-0.2, 0) is 13.0 Å². The first kappa shape index (κ1) is 14.8. The third-order valence-corrected chi connectivity index (χ3v) is 5.21. The minimum atomic E-state index is -0.171. The predicted octanol–water partition coefficient (Wildman–Crippen LogP) is 3.38. The van der Waals surface area contributed by atoms with Crippen LogP contribution in [0, 0.1) is 5.82 Å². The number of aryl methyl sites for hydroxylation is 1. The Morgan fingerprint density at radius 3 is 2.91 bits per heavy atom. The molecule has 0 radical (unpaired) electrons. The Labute approximate surface area is 136 Å². The Bertz CT molecular complexity index is 675. The van der Waals surface area contributed by atoms with Gasteiger partial charge >= 0.3 is 0 Å². The standard InChI is InChI=1S/C18H23FN4/c19-14-8-6-13-7-9-18(17(13)10-14)23-12-16(21-22-23)11-20-15-4-2-1-3-5-15/h6,8,10,12,15,18,20H,1-5,7,9,11H2. The summed E-state index contributed by atoms with van der Waals surface area (Å²) in [6.45, 7) is 0.771. The van der Waals surface area contributed by atoms with Gasteiger partial charge in [0.1, 0.15) is 5.82 Å². The molecular weight excluding hydrogens is 291 g/mol. The second kappa shape index (κ2) is 6.40. The first-order valence-corrected chi connectivity index (χ1v) is 8.72. The van der Waals surface area contributed by atoms with Crippen LogP contribution in [0.15, 0.2) is 24.4 Å². The third-order valence-electron chi connectivity index (χ3n) is 5.21. The molecule has 1 atom stereocenters. The lowest BCUT2D eigenvalue weighted by Crippen LogP contribution is -2.30. The largest absolute Gasteiger partial charge is 0.308 e. The van der Waals surface area contributed by atoms with Gasteiger partial charge in [0, 0.05) is 12.6 Å². The lowest BCUT2D eigenvalue weighted by molar-refractivity contribution is 0.371. The number of aromatic nitrogens is 3. The van der Waals surface area contributed by atoms with E-state index in [2.05, 4.69) is 15.6 Å². The van der Waals surface area contributed by atoms with Crippen LogP contribution in [0.1, 0.15) is 61.4 Å². The van der Waals surface area contributed by atoms with Crippen molar-refractivity contribution in [2.24, 2.45) is 0 Å². The minimum absolute atomic E-state index is 0.122. The van der Waals surface area contributed by atoms with Crippen molar-refractivity contribution in [3.63, 3.8) is 0 Å². The molecular formula is C18H23FN4. The number of hydrogen-bond acceptors (Lipinski definition) is 3. The molecule has 1 unspecified atom stereocenters. The summed E-state index contributed by atoms with van der Waals surface area (Å²) in [5.74, 6) is -0.171. The molecule has 0 bridgehead atoms. The van der Waals surface area contributed by atoms with Gasteiger partial charge in [0.05, 0.1) is 17.9 Å². The quantitative estimate of drug-likeness (QED) is 0.941. The van der Waals surface area contributed by atoms with Crippen LogP contribution in [0.25, 0.3) is 0 Å². The molecule has 1 saturated carbocycles. The first-order valence-electron chi connectivity index (χ1n) is 8.72. The van der Waals surface area contributed by atoms with Crippen molar-refractivity contribution >= 4 is 0 Å². The number of nitrogens with one attached hydrogen (secondary N) is 1. The summed E-state index contributed by atoms with van der Waals surface area (Å²) in [5.41, 5.74) is 3.26. The van der Waals surface area contributed by atoms with E-state index in [4.69, 9.17) is 0 Å². The fourth-order valence-corrected chi connectivity index (χ4v) is 3.93. The van der Waals surface area contributed by atoms with E-state index in [0.29, 0.717) is 6.04 Å². The molecule has 5 heteroatoms. The Morgan fingerprint density at radius 1 is 1.17 bits per heavy atom. The Morgan fingerprint density at radius 2 is 2.04 bits per heavy atom. The summed E-state index contributed by atoms with van der Waals surface area (Å²) in [5, 5.41) is 12.2. The number of nitrogens with zero attached hydrogens (tertiary/aromatic N) is 3. The number of rotatable bonds is 4. The average Bonchev–Trinajstić information content (AvgIpc) is 3.20. The fraction of sp³-hybridized carbons (Fsp3) is 0.556. The highest BCUT2D eigenvalue weighted by Crippen LogP contribution is 2.34. The number of halogens is 1. The van der Waals surface area contributed by atoms with Crippen LogP contribution in [-0.4, -0.2) is 21.0 Å². The normalized spacial score (nSPS) is 21.5. The van der Waals surface area contributed by atoms with Crippen molar-refractivity contribution in [1.82, 2.24) is 20.3 Å². The maximum atomic E-state index is 13.5. The number of benzene rings is 1. The zero-order valence-corrected chi connectivity index (χ0v) is 13.3. The molecule has 2 aromatic rings. The monoisotopic (exact) mass is 314 g/mol. The van der Waals surface area contributed by atoms with Gasteiger partial charge in [-0.15, -0.1) is 5.10 Å². The molecule has 1 heterocycles. The Balaban J connectivity index is 1.43. The van der Waals surface area contributed by atoms with Crippen LogP contribution in [0.2, 0.25) is 0 Å². The lowest BCUT2D eigenvalue weighted by Gasteiger charge is -2.22. The molecule has 0 amide bonds. The van der Waals surface area contributed by atoms with E-state index in [1.165, 1.54) is 37.7 Å². The van der Waals surface area contributed by atoms with Crippen LogP contribution in [0.3, 0.4) is 0 Å². The molecule has 2 aliphatic rings. The Kier molecular flexibility index (Phi) is 4.12. The van der Waals surface area contributed by atoms with E-state index in [9.17, 15) is 4.39 Å². The highest BCUT2D eigenvalue weighted by atomic mass is 19.1. The van der Waals surface area contributed by atoms with Gasteiger partial charge in [-0.25, -0.2) is 9.07 Å².